The number of halogens is 2. The van der Waals surface area contributed by atoms with Crippen molar-refractivity contribution in [3.63, 3.8) is 0 Å². The van der Waals surface area contributed by atoms with Gasteiger partial charge in [0.05, 0.1) is 20.5 Å². The maximum Gasteiger partial charge on any atom is 0.188 e. The molecule has 0 spiro atoms. The minimum atomic E-state index is -3.42. The Hall–Kier alpha value is 0.560. The van der Waals surface area contributed by atoms with Gasteiger partial charge in [-0.15, -0.1) is 11.3 Å². The highest BCUT2D eigenvalue weighted by atomic mass is 79.9. The Kier molecular flexibility index (Phi) is 4.85. The van der Waals surface area contributed by atoms with Gasteiger partial charge in [-0.25, -0.2) is 16.8 Å². The Morgan fingerprint density at radius 1 is 0.882 bits per heavy atom. The van der Waals surface area contributed by atoms with Gasteiger partial charge in [0.2, 0.25) is 0 Å². The summed E-state index contributed by atoms with van der Waals surface area (Å²) in [5, 5.41) is 0. The molecule has 0 aliphatic rings. The van der Waals surface area contributed by atoms with Crippen LogP contribution in [0, 0.1) is 0 Å². The molecule has 0 saturated carbocycles. The van der Waals surface area contributed by atoms with E-state index in [1.807, 2.05) is 0 Å². The number of sulfone groups is 2. The van der Waals surface area contributed by atoms with Gasteiger partial charge < -0.3 is 0 Å². The quantitative estimate of drug-likeness (QED) is 0.743. The molecule has 1 heterocycles. The first-order valence-corrected chi connectivity index (χ1v) is 10.3. The zero-order chi connectivity index (χ0) is 13.4. The minimum absolute atomic E-state index is 0.0545. The largest absolute Gasteiger partial charge is 0.223 e. The topological polar surface area (TPSA) is 68.3 Å². The molecule has 0 N–H and O–H groups in total. The minimum Gasteiger partial charge on any atom is -0.223 e. The lowest BCUT2D eigenvalue weighted by atomic mass is 10.7. The molecule has 0 aliphatic heterocycles. The van der Waals surface area contributed by atoms with Crippen LogP contribution in [0.2, 0.25) is 0 Å². The zero-order valence-electron chi connectivity index (χ0n) is 9.03. The SMILES string of the molecule is CCS(=O)(=O)c1sc(S(=O)(=O)CC)c(Br)c1Br. The molecule has 4 nitrogen and oxygen atoms in total. The van der Waals surface area contributed by atoms with Crippen molar-refractivity contribution < 1.29 is 16.8 Å². The Morgan fingerprint density at radius 2 is 1.18 bits per heavy atom. The second-order valence-corrected chi connectivity index (χ2v) is 10.7. The predicted octanol–water partition coefficient (Wildman–Crippen LogP) is 2.86. The third kappa shape index (κ3) is 2.94. The molecular weight excluding hydrogens is 416 g/mol. The maximum absolute atomic E-state index is 11.8. The second-order valence-electron chi connectivity index (χ2n) is 3.11. The van der Waals surface area contributed by atoms with Crippen LogP contribution in [0.15, 0.2) is 17.4 Å². The van der Waals surface area contributed by atoms with Gasteiger partial charge in [0.25, 0.3) is 0 Å². The second kappa shape index (κ2) is 5.28. The maximum atomic E-state index is 11.8. The van der Waals surface area contributed by atoms with E-state index in [0.717, 1.165) is 11.3 Å². The molecular formula is C8H10Br2O4S3. The summed E-state index contributed by atoms with van der Waals surface area (Å²) in [7, 11) is -6.84. The van der Waals surface area contributed by atoms with Crippen LogP contribution in [0.5, 0.6) is 0 Å². The van der Waals surface area contributed by atoms with Gasteiger partial charge in [-0.05, 0) is 31.9 Å². The highest BCUT2D eigenvalue weighted by Gasteiger charge is 2.28. The van der Waals surface area contributed by atoms with Crippen molar-refractivity contribution in [1.29, 1.82) is 0 Å². The van der Waals surface area contributed by atoms with Crippen LogP contribution in [-0.2, 0) is 19.7 Å². The van der Waals surface area contributed by atoms with Crippen LogP contribution in [0.1, 0.15) is 13.8 Å². The molecule has 0 fully saturated rings. The Morgan fingerprint density at radius 3 is 1.41 bits per heavy atom. The molecule has 0 saturated heterocycles. The fraction of sp³-hybridized carbons (Fsp3) is 0.500. The molecule has 0 aromatic carbocycles. The van der Waals surface area contributed by atoms with Crippen LogP contribution < -0.4 is 0 Å². The van der Waals surface area contributed by atoms with Gasteiger partial charge in [-0.3, -0.25) is 0 Å². The molecule has 98 valence electrons. The molecule has 1 aromatic heterocycles. The van der Waals surface area contributed by atoms with E-state index in [9.17, 15) is 16.8 Å². The first kappa shape index (κ1) is 15.6. The van der Waals surface area contributed by atoms with Crippen molar-refractivity contribution in [2.24, 2.45) is 0 Å². The van der Waals surface area contributed by atoms with E-state index in [1.54, 1.807) is 0 Å². The van der Waals surface area contributed by atoms with E-state index in [4.69, 9.17) is 0 Å². The average Bonchev–Trinajstić information content (AvgIpc) is 2.57. The van der Waals surface area contributed by atoms with Crippen molar-refractivity contribution in [3.8, 4) is 0 Å². The fourth-order valence-electron chi connectivity index (χ4n) is 1.02. The van der Waals surface area contributed by atoms with Crippen molar-refractivity contribution in [2.75, 3.05) is 11.5 Å². The van der Waals surface area contributed by atoms with Gasteiger partial charge in [-0.1, -0.05) is 13.8 Å². The van der Waals surface area contributed by atoms with Crippen LogP contribution >= 0.6 is 43.2 Å². The summed E-state index contributed by atoms with van der Waals surface area (Å²) in [6.07, 6.45) is 0. The van der Waals surface area contributed by atoms with E-state index in [-0.39, 0.29) is 28.9 Å². The van der Waals surface area contributed by atoms with Crippen LogP contribution in [0.4, 0.5) is 0 Å². The summed E-state index contributed by atoms with van der Waals surface area (Å²) in [6.45, 7) is 3.03. The lowest BCUT2D eigenvalue weighted by molar-refractivity contribution is 0.597. The number of thiophene rings is 1. The summed E-state index contributed by atoms with van der Waals surface area (Å²) >= 11 is 7.02. The van der Waals surface area contributed by atoms with Crippen molar-refractivity contribution >= 4 is 62.9 Å². The molecule has 0 radical (unpaired) electrons. The van der Waals surface area contributed by atoms with E-state index < -0.39 is 19.7 Å². The average molecular weight is 426 g/mol. The molecule has 0 aliphatic carbocycles. The van der Waals surface area contributed by atoms with Crippen LogP contribution in [0.3, 0.4) is 0 Å². The summed E-state index contributed by atoms with van der Waals surface area (Å²) < 4.78 is 47.8. The first-order chi connectivity index (χ1) is 7.67. The molecule has 0 bridgehead atoms. The molecule has 1 aromatic rings. The lowest BCUT2D eigenvalue weighted by Crippen LogP contribution is -2.02. The van der Waals surface area contributed by atoms with E-state index >= 15 is 0 Å². The van der Waals surface area contributed by atoms with Gasteiger partial charge in [0.15, 0.2) is 19.7 Å². The molecule has 0 atom stereocenters. The van der Waals surface area contributed by atoms with Gasteiger partial charge >= 0.3 is 0 Å². The summed E-state index contributed by atoms with van der Waals surface area (Å²) in [5.41, 5.74) is 0. The molecule has 9 heteroatoms. The summed E-state index contributed by atoms with van der Waals surface area (Å²) in [4.78, 5) is 0. The molecule has 1 rings (SSSR count). The predicted molar refractivity (Wildman–Crippen MR) is 75.2 cm³/mol. The smallest absolute Gasteiger partial charge is 0.188 e. The lowest BCUT2D eigenvalue weighted by Gasteiger charge is -1.96. The third-order valence-electron chi connectivity index (χ3n) is 2.06. The van der Waals surface area contributed by atoms with Crippen molar-refractivity contribution in [2.45, 2.75) is 22.3 Å². The molecule has 17 heavy (non-hydrogen) atoms. The first-order valence-electron chi connectivity index (χ1n) is 4.60. The normalized spacial score (nSPS) is 12.9. The van der Waals surface area contributed by atoms with Crippen molar-refractivity contribution in [1.82, 2.24) is 0 Å². The van der Waals surface area contributed by atoms with E-state index in [2.05, 4.69) is 31.9 Å². The van der Waals surface area contributed by atoms with E-state index in [1.165, 1.54) is 13.8 Å². The number of hydrogen-bond donors (Lipinski definition) is 0. The highest BCUT2D eigenvalue weighted by molar-refractivity contribution is 9.13. The number of hydrogen-bond acceptors (Lipinski definition) is 5. The Balaban J connectivity index is 3.59. The van der Waals surface area contributed by atoms with Crippen LogP contribution in [0.25, 0.3) is 0 Å². The van der Waals surface area contributed by atoms with Gasteiger partial charge in [0, 0.05) is 0 Å². The Bertz CT molecular complexity index is 573. The van der Waals surface area contributed by atoms with E-state index in [0.29, 0.717) is 0 Å². The Labute approximate surface area is 122 Å². The van der Waals surface area contributed by atoms with Gasteiger partial charge in [-0.2, -0.15) is 0 Å². The number of rotatable bonds is 4. The zero-order valence-corrected chi connectivity index (χ0v) is 14.6. The monoisotopic (exact) mass is 424 g/mol. The van der Waals surface area contributed by atoms with Crippen LogP contribution in [-0.4, -0.2) is 28.3 Å². The fourth-order valence-corrected chi connectivity index (χ4v) is 8.11. The standard InChI is InChI=1S/C8H10Br2O4S3/c1-3-16(11,12)7-5(9)6(10)8(15-7)17(13,14)4-2/h3-4H2,1-2H3. The molecule has 0 unspecified atom stereocenters. The highest BCUT2D eigenvalue weighted by Crippen LogP contribution is 2.43. The van der Waals surface area contributed by atoms with Gasteiger partial charge in [0.1, 0.15) is 8.42 Å². The van der Waals surface area contributed by atoms with Crippen molar-refractivity contribution in [3.05, 3.63) is 8.95 Å². The molecule has 0 amide bonds. The third-order valence-corrected chi connectivity index (χ3v) is 11.1. The summed E-state index contributed by atoms with van der Waals surface area (Å²) in [5.74, 6) is -0.131. The summed E-state index contributed by atoms with van der Waals surface area (Å²) in [6, 6.07) is 0.